The molecule has 1 aromatic heterocycles. The summed E-state index contributed by atoms with van der Waals surface area (Å²) < 4.78 is 7.23. The maximum absolute atomic E-state index is 11.7. The highest BCUT2D eigenvalue weighted by molar-refractivity contribution is 6.32. The van der Waals surface area contributed by atoms with Gasteiger partial charge in [-0.15, -0.1) is 6.58 Å². The molecule has 1 aromatic carbocycles. The van der Waals surface area contributed by atoms with Gasteiger partial charge in [0, 0.05) is 17.8 Å². The average Bonchev–Trinajstić information content (AvgIpc) is 2.97. The molecule has 2 aromatic rings. The van der Waals surface area contributed by atoms with Crippen molar-refractivity contribution in [2.24, 2.45) is 0 Å². The predicted octanol–water partition coefficient (Wildman–Crippen LogP) is 3.11. The molecule has 1 amide bonds. The van der Waals surface area contributed by atoms with Crippen LogP contribution >= 0.6 is 11.6 Å². The van der Waals surface area contributed by atoms with Crippen molar-refractivity contribution < 1.29 is 9.53 Å². The van der Waals surface area contributed by atoms with Crippen molar-refractivity contribution in [3.63, 3.8) is 0 Å². The number of carbonyl (C=O) groups excluding carboxylic acids is 1. The summed E-state index contributed by atoms with van der Waals surface area (Å²) in [6.07, 6.45) is 3.31. The normalized spacial score (nSPS) is 10.3. The summed E-state index contributed by atoms with van der Waals surface area (Å²) >= 11 is 6.12. The van der Waals surface area contributed by atoms with Crippen LogP contribution in [0.2, 0.25) is 5.02 Å². The van der Waals surface area contributed by atoms with Crippen LogP contribution < -0.4 is 10.1 Å². The third-order valence-electron chi connectivity index (χ3n) is 3.05. The minimum atomic E-state index is -0.239. The van der Waals surface area contributed by atoms with E-state index in [4.69, 9.17) is 16.3 Å². The molecule has 0 radical (unpaired) electrons. The molecule has 0 spiro atoms. The maximum Gasteiger partial charge on any atom is 0.272 e. The molecular formula is C16H18ClN3O2. The van der Waals surface area contributed by atoms with Gasteiger partial charge in [-0.3, -0.25) is 4.79 Å². The zero-order valence-corrected chi connectivity index (χ0v) is 13.4. The van der Waals surface area contributed by atoms with E-state index in [1.165, 1.54) is 0 Å². The molecule has 0 aliphatic carbocycles. The number of nitrogens with zero attached hydrogens (tertiary/aromatic N) is 2. The lowest BCUT2D eigenvalue weighted by Crippen LogP contribution is -2.24. The molecule has 0 fully saturated rings. The molecule has 0 saturated carbocycles. The molecule has 0 aliphatic heterocycles. The van der Waals surface area contributed by atoms with Gasteiger partial charge in [-0.2, -0.15) is 5.10 Å². The molecule has 22 heavy (non-hydrogen) atoms. The molecule has 5 nitrogen and oxygen atoms in total. The minimum Gasteiger partial charge on any atom is -0.471 e. The molecule has 2 rings (SSSR count). The Morgan fingerprint density at radius 2 is 2.14 bits per heavy atom. The molecule has 0 unspecified atom stereocenters. The van der Waals surface area contributed by atoms with Gasteiger partial charge in [-0.05, 0) is 43.2 Å². The van der Waals surface area contributed by atoms with Gasteiger partial charge in [0.1, 0.15) is 11.4 Å². The van der Waals surface area contributed by atoms with Gasteiger partial charge in [0.2, 0.25) is 0 Å². The number of aromatic nitrogens is 2. The van der Waals surface area contributed by atoms with Gasteiger partial charge in [0.05, 0.1) is 0 Å². The Labute approximate surface area is 134 Å². The van der Waals surface area contributed by atoms with Gasteiger partial charge < -0.3 is 10.1 Å². The van der Waals surface area contributed by atoms with E-state index in [9.17, 15) is 4.79 Å². The number of benzene rings is 1. The monoisotopic (exact) mass is 319 g/mol. The summed E-state index contributed by atoms with van der Waals surface area (Å²) in [7, 11) is 0. The molecule has 116 valence electrons. The van der Waals surface area contributed by atoms with Crippen LogP contribution in [0.3, 0.4) is 0 Å². The Hall–Kier alpha value is -2.27. The van der Waals surface area contributed by atoms with E-state index in [1.54, 1.807) is 23.0 Å². The summed E-state index contributed by atoms with van der Waals surface area (Å²) in [6.45, 7) is 8.03. The van der Waals surface area contributed by atoms with E-state index in [0.717, 1.165) is 16.1 Å². The number of halogens is 1. The van der Waals surface area contributed by atoms with E-state index in [0.29, 0.717) is 18.0 Å². The van der Waals surface area contributed by atoms with Gasteiger partial charge in [0.15, 0.2) is 6.73 Å². The molecule has 0 saturated heterocycles. The second-order valence-corrected chi connectivity index (χ2v) is 5.26. The van der Waals surface area contributed by atoms with Gasteiger partial charge in [-0.25, -0.2) is 4.68 Å². The van der Waals surface area contributed by atoms with Crippen LogP contribution in [0.1, 0.15) is 21.6 Å². The van der Waals surface area contributed by atoms with Crippen LogP contribution in [0.15, 0.2) is 37.1 Å². The van der Waals surface area contributed by atoms with E-state index in [2.05, 4.69) is 17.0 Å². The number of carbonyl (C=O) groups is 1. The fraction of sp³-hybridized carbons (Fsp3) is 0.250. The van der Waals surface area contributed by atoms with Crippen molar-refractivity contribution in [3.8, 4) is 5.75 Å². The highest BCUT2D eigenvalue weighted by Gasteiger charge is 2.09. The van der Waals surface area contributed by atoms with Crippen LogP contribution in [0.25, 0.3) is 0 Å². The average molecular weight is 320 g/mol. The SMILES string of the molecule is C=CCNC(=O)c1ccn(COc2cc(C)c(Cl)c(C)c2)n1. The minimum absolute atomic E-state index is 0.218. The van der Waals surface area contributed by atoms with Crippen LogP contribution in [0, 0.1) is 13.8 Å². The number of hydrogen-bond donors (Lipinski definition) is 1. The molecule has 0 bridgehead atoms. The summed E-state index contributed by atoms with van der Waals surface area (Å²) in [6, 6.07) is 5.38. The van der Waals surface area contributed by atoms with E-state index in [-0.39, 0.29) is 12.6 Å². The molecule has 0 aliphatic rings. The smallest absolute Gasteiger partial charge is 0.272 e. The van der Waals surface area contributed by atoms with Crippen molar-refractivity contribution in [3.05, 3.63) is 58.9 Å². The number of ether oxygens (including phenoxy) is 1. The third-order valence-corrected chi connectivity index (χ3v) is 3.65. The lowest BCUT2D eigenvalue weighted by molar-refractivity contribution is 0.0951. The highest BCUT2D eigenvalue weighted by Crippen LogP contribution is 2.25. The first-order valence-corrected chi connectivity index (χ1v) is 7.21. The first kappa shape index (κ1) is 16.1. The Morgan fingerprint density at radius 1 is 1.45 bits per heavy atom. The van der Waals surface area contributed by atoms with Crippen LogP contribution in [0.5, 0.6) is 5.75 Å². The van der Waals surface area contributed by atoms with Crippen molar-refractivity contribution in [2.45, 2.75) is 20.6 Å². The fourth-order valence-corrected chi connectivity index (χ4v) is 2.05. The largest absolute Gasteiger partial charge is 0.471 e. The number of nitrogens with one attached hydrogen (secondary N) is 1. The summed E-state index contributed by atoms with van der Waals surface area (Å²) in [5.74, 6) is 0.476. The molecular weight excluding hydrogens is 302 g/mol. The molecule has 1 N–H and O–H groups in total. The zero-order valence-electron chi connectivity index (χ0n) is 12.6. The summed E-state index contributed by atoms with van der Waals surface area (Å²) in [5, 5.41) is 7.57. The topological polar surface area (TPSA) is 56.2 Å². The first-order valence-electron chi connectivity index (χ1n) is 6.83. The Morgan fingerprint density at radius 3 is 2.77 bits per heavy atom. The zero-order chi connectivity index (χ0) is 16.1. The van der Waals surface area contributed by atoms with Crippen molar-refractivity contribution >= 4 is 17.5 Å². The number of aryl methyl sites for hydroxylation is 2. The van der Waals surface area contributed by atoms with Gasteiger partial charge in [-0.1, -0.05) is 17.7 Å². The predicted molar refractivity (Wildman–Crippen MR) is 86.3 cm³/mol. The first-order chi connectivity index (χ1) is 10.5. The van der Waals surface area contributed by atoms with Crippen LogP contribution in [-0.2, 0) is 6.73 Å². The summed E-state index contributed by atoms with van der Waals surface area (Å²) in [5.41, 5.74) is 2.26. The molecule has 1 heterocycles. The van der Waals surface area contributed by atoms with E-state index >= 15 is 0 Å². The van der Waals surface area contributed by atoms with Crippen molar-refractivity contribution in [2.75, 3.05) is 6.54 Å². The van der Waals surface area contributed by atoms with Gasteiger partial charge >= 0.3 is 0 Å². The quantitative estimate of drug-likeness (QED) is 0.832. The van der Waals surface area contributed by atoms with Gasteiger partial charge in [0.25, 0.3) is 5.91 Å². The molecule has 0 atom stereocenters. The third kappa shape index (κ3) is 3.89. The molecule has 6 heteroatoms. The van der Waals surface area contributed by atoms with Crippen LogP contribution in [0.4, 0.5) is 0 Å². The van der Waals surface area contributed by atoms with E-state index in [1.807, 2.05) is 26.0 Å². The Kier molecular flexibility index (Phi) is 5.22. The number of amides is 1. The Bertz CT molecular complexity index is 671. The fourth-order valence-electron chi connectivity index (χ4n) is 1.94. The second-order valence-electron chi connectivity index (χ2n) is 4.88. The highest BCUT2D eigenvalue weighted by atomic mass is 35.5. The summed E-state index contributed by atoms with van der Waals surface area (Å²) in [4.78, 5) is 11.7. The van der Waals surface area contributed by atoms with Crippen molar-refractivity contribution in [1.82, 2.24) is 15.1 Å². The maximum atomic E-state index is 11.7. The number of hydrogen-bond acceptors (Lipinski definition) is 3. The lowest BCUT2D eigenvalue weighted by atomic mass is 10.1. The number of rotatable bonds is 6. The standard InChI is InChI=1S/C16H18ClN3O2/c1-4-6-18-16(21)14-5-7-20(19-14)10-22-13-8-11(2)15(17)12(3)9-13/h4-5,7-9H,1,6,10H2,2-3H3,(H,18,21). The van der Waals surface area contributed by atoms with E-state index < -0.39 is 0 Å². The Balaban J connectivity index is 1.99. The van der Waals surface area contributed by atoms with Crippen molar-refractivity contribution in [1.29, 1.82) is 0 Å². The lowest BCUT2D eigenvalue weighted by Gasteiger charge is -2.10. The van der Waals surface area contributed by atoms with Crippen LogP contribution in [-0.4, -0.2) is 22.2 Å². The second kappa shape index (κ2) is 7.13.